The fraction of sp³-hybridized carbons (Fsp3) is 0.176. The first-order chi connectivity index (χ1) is 10.2. The van der Waals surface area contributed by atoms with E-state index in [-0.39, 0.29) is 0 Å². The van der Waals surface area contributed by atoms with Crippen LogP contribution in [0.1, 0.15) is 16.7 Å². The van der Waals surface area contributed by atoms with Crippen molar-refractivity contribution < 1.29 is 4.57 Å². The van der Waals surface area contributed by atoms with Crippen LogP contribution in [0, 0.1) is 6.92 Å². The molecule has 0 saturated heterocycles. The molecule has 0 radical (unpaired) electrons. The van der Waals surface area contributed by atoms with Gasteiger partial charge in [0.05, 0.1) is 6.54 Å². The highest BCUT2D eigenvalue weighted by atomic mass is 35.5. The zero-order chi connectivity index (χ0) is 14.7. The van der Waals surface area contributed by atoms with Crippen molar-refractivity contribution >= 4 is 11.6 Å². The van der Waals surface area contributed by atoms with Gasteiger partial charge in [-0.1, -0.05) is 53.6 Å². The largest absolute Gasteiger partial charge is 0.265 e. The van der Waals surface area contributed by atoms with E-state index in [0.29, 0.717) is 0 Å². The molecule has 21 heavy (non-hydrogen) atoms. The van der Waals surface area contributed by atoms with Crippen molar-refractivity contribution in [3.8, 4) is 0 Å². The molecule has 106 valence electrons. The molecule has 0 aliphatic carbocycles. The standard InChI is InChI=1S/C17H17ClN3/c1-14-2-4-15(5-3-14)10-20-12-19-21(13-20)11-16-6-8-17(18)9-7-16/h2-9,12-13H,10-11H2,1H3/q+1. The van der Waals surface area contributed by atoms with Crippen LogP contribution >= 0.6 is 11.6 Å². The Morgan fingerprint density at radius 1 is 1.00 bits per heavy atom. The number of halogens is 1. The lowest BCUT2D eigenvalue weighted by Gasteiger charge is -1.99. The smallest absolute Gasteiger partial charge is 0.233 e. The van der Waals surface area contributed by atoms with Gasteiger partial charge in [0.15, 0.2) is 0 Å². The molecule has 0 N–H and O–H groups in total. The molecule has 1 aromatic heterocycles. The van der Waals surface area contributed by atoms with Crippen molar-refractivity contribution in [1.29, 1.82) is 0 Å². The summed E-state index contributed by atoms with van der Waals surface area (Å²) in [5.41, 5.74) is 3.74. The van der Waals surface area contributed by atoms with Crippen LogP contribution in [0.3, 0.4) is 0 Å². The van der Waals surface area contributed by atoms with Gasteiger partial charge in [-0.2, -0.15) is 0 Å². The molecule has 3 rings (SSSR count). The normalized spacial score (nSPS) is 10.8. The van der Waals surface area contributed by atoms with Crippen molar-refractivity contribution in [3.05, 3.63) is 82.9 Å². The average Bonchev–Trinajstić information content (AvgIpc) is 2.91. The Balaban J connectivity index is 1.68. The van der Waals surface area contributed by atoms with Gasteiger partial charge in [-0.25, -0.2) is 4.57 Å². The highest BCUT2D eigenvalue weighted by Gasteiger charge is 2.07. The second-order valence-electron chi connectivity index (χ2n) is 5.23. The third kappa shape index (κ3) is 3.70. The second kappa shape index (κ2) is 6.10. The van der Waals surface area contributed by atoms with Crippen LogP contribution < -0.4 is 4.57 Å². The van der Waals surface area contributed by atoms with Crippen LogP contribution in [-0.4, -0.2) is 9.78 Å². The second-order valence-corrected chi connectivity index (χ2v) is 5.66. The minimum absolute atomic E-state index is 0.748. The van der Waals surface area contributed by atoms with Gasteiger partial charge in [0.2, 0.25) is 6.33 Å². The van der Waals surface area contributed by atoms with Crippen molar-refractivity contribution in [1.82, 2.24) is 9.78 Å². The Morgan fingerprint density at radius 3 is 2.38 bits per heavy atom. The monoisotopic (exact) mass is 298 g/mol. The minimum Gasteiger partial charge on any atom is -0.233 e. The van der Waals surface area contributed by atoms with E-state index in [4.69, 9.17) is 11.6 Å². The lowest BCUT2D eigenvalue weighted by Crippen LogP contribution is -2.31. The highest BCUT2D eigenvalue weighted by molar-refractivity contribution is 6.30. The van der Waals surface area contributed by atoms with Gasteiger partial charge >= 0.3 is 0 Å². The highest BCUT2D eigenvalue weighted by Crippen LogP contribution is 2.10. The Morgan fingerprint density at radius 2 is 1.67 bits per heavy atom. The van der Waals surface area contributed by atoms with Crippen molar-refractivity contribution in [3.63, 3.8) is 0 Å². The summed E-state index contributed by atoms with van der Waals surface area (Å²) < 4.78 is 4.01. The fourth-order valence-electron chi connectivity index (χ4n) is 2.21. The van der Waals surface area contributed by atoms with Crippen LogP contribution in [0.25, 0.3) is 0 Å². The molecule has 0 saturated carbocycles. The Labute approximate surface area is 129 Å². The molecular weight excluding hydrogens is 282 g/mol. The predicted molar refractivity (Wildman–Crippen MR) is 83.3 cm³/mol. The summed E-state index contributed by atoms with van der Waals surface area (Å²) in [5.74, 6) is 0. The van der Waals surface area contributed by atoms with Crippen LogP contribution in [0.5, 0.6) is 0 Å². The van der Waals surface area contributed by atoms with Crippen LogP contribution in [0.4, 0.5) is 0 Å². The number of aryl methyl sites for hydroxylation is 1. The van der Waals surface area contributed by atoms with E-state index in [1.165, 1.54) is 16.7 Å². The molecule has 0 unspecified atom stereocenters. The van der Waals surface area contributed by atoms with Crippen molar-refractivity contribution in [2.75, 3.05) is 0 Å². The third-order valence-corrected chi connectivity index (χ3v) is 3.63. The lowest BCUT2D eigenvalue weighted by molar-refractivity contribution is -0.689. The first-order valence-corrected chi connectivity index (χ1v) is 7.28. The van der Waals surface area contributed by atoms with Crippen LogP contribution in [-0.2, 0) is 13.1 Å². The van der Waals surface area contributed by atoms with Gasteiger partial charge in [0.25, 0.3) is 6.33 Å². The third-order valence-electron chi connectivity index (χ3n) is 3.37. The van der Waals surface area contributed by atoms with E-state index in [1.54, 1.807) is 0 Å². The van der Waals surface area contributed by atoms with Crippen LogP contribution in [0.2, 0.25) is 5.02 Å². The molecule has 0 amide bonds. The molecule has 0 spiro atoms. The van der Waals surface area contributed by atoms with E-state index in [9.17, 15) is 0 Å². The van der Waals surface area contributed by atoms with E-state index in [2.05, 4.69) is 40.9 Å². The summed E-state index contributed by atoms with van der Waals surface area (Å²) >= 11 is 5.89. The predicted octanol–water partition coefficient (Wildman–Crippen LogP) is 3.23. The summed E-state index contributed by atoms with van der Waals surface area (Å²) in [6.07, 6.45) is 3.88. The van der Waals surface area contributed by atoms with Gasteiger partial charge in [-0.15, -0.1) is 4.68 Å². The van der Waals surface area contributed by atoms with E-state index < -0.39 is 0 Å². The molecule has 3 nitrogen and oxygen atoms in total. The van der Waals surface area contributed by atoms with E-state index >= 15 is 0 Å². The zero-order valence-electron chi connectivity index (χ0n) is 11.9. The topological polar surface area (TPSA) is 21.7 Å². The quantitative estimate of drug-likeness (QED) is 0.678. The number of hydrogen-bond donors (Lipinski definition) is 0. The molecule has 4 heteroatoms. The minimum atomic E-state index is 0.748. The molecule has 0 aliphatic heterocycles. The van der Waals surface area contributed by atoms with Gasteiger partial charge in [-0.05, 0) is 30.2 Å². The molecule has 0 fully saturated rings. The number of aromatic nitrogens is 3. The number of rotatable bonds is 4. The Hall–Kier alpha value is -2.13. The molecule has 2 aromatic carbocycles. The summed E-state index contributed by atoms with van der Waals surface area (Å²) in [6.45, 7) is 3.68. The molecule has 0 aliphatic rings. The maximum absolute atomic E-state index is 5.89. The summed E-state index contributed by atoms with van der Waals surface area (Å²) in [6, 6.07) is 16.4. The van der Waals surface area contributed by atoms with E-state index in [1.807, 2.05) is 41.6 Å². The lowest BCUT2D eigenvalue weighted by atomic mass is 10.1. The van der Waals surface area contributed by atoms with Gasteiger partial charge in [-0.3, -0.25) is 0 Å². The van der Waals surface area contributed by atoms with Gasteiger partial charge < -0.3 is 0 Å². The molecule has 0 atom stereocenters. The molecule has 1 heterocycles. The SMILES string of the molecule is Cc1ccc(C[n+]2cnn(Cc3ccc(Cl)cc3)c2)cc1. The summed E-state index contributed by atoms with van der Waals surface area (Å²) in [4.78, 5) is 0. The maximum Gasteiger partial charge on any atom is 0.265 e. The van der Waals surface area contributed by atoms with Crippen LogP contribution in [0.15, 0.2) is 61.2 Å². The first kappa shape index (κ1) is 13.8. The van der Waals surface area contributed by atoms with Gasteiger partial charge in [0.1, 0.15) is 6.54 Å². The summed E-state index contributed by atoms with van der Waals surface area (Å²) in [5, 5.41) is 5.15. The summed E-state index contributed by atoms with van der Waals surface area (Å²) in [7, 11) is 0. The first-order valence-electron chi connectivity index (χ1n) is 6.90. The van der Waals surface area contributed by atoms with Crippen molar-refractivity contribution in [2.45, 2.75) is 20.0 Å². The maximum atomic E-state index is 5.89. The number of benzene rings is 2. The Kier molecular flexibility index (Phi) is 4.02. The zero-order valence-corrected chi connectivity index (χ0v) is 12.7. The molecular formula is C17H17ClN3+. The number of hydrogen-bond acceptors (Lipinski definition) is 1. The number of nitrogens with zero attached hydrogens (tertiary/aromatic N) is 3. The Bertz CT molecular complexity index is 653. The van der Waals surface area contributed by atoms with E-state index in [0.717, 1.165) is 18.1 Å². The molecule has 0 bridgehead atoms. The average molecular weight is 299 g/mol. The van der Waals surface area contributed by atoms with Gasteiger partial charge in [0, 0.05) is 10.1 Å². The molecule has 3 aromatic rings. The fourth-order valence-corrected chi connectivity index (χ4v) is 2.33. The van der Waals surface area contributed by atoms with Crippen molar-refractivity contribution in [2.24, 2.45) is 0 Å².